The third-order valence-electron chi connectivity index (χ3n) is 1.79. The van der Waals surface area contributed by atoms with Crippen molar-refractivity contribution in [1.29, 1.82) is 0 Å². The number of hydrogen-bond donors (Lipinski definition) is 0. The Kier molecular flexibility index (Phi) is 11.0. The minimum Gasteiger partial charge on any atom is -1.00 e. The first-order chi connectivity index (χ1) is 4.83. The Bertz CT molecular complexity index is 173. The fraction of sp³-hybridized carbons (Fsp3) is 0.556. The van der Waals surface area contributed by atoms with Gasteiger partial charge in [-0.15, -0.1) is 0 Å². The van der Waals surface area contributed by atoms with Crippen LogP contribution in [0.15, 0.2) is 21.0 Å². The molecule has 0 saturated heterocycles. The molecule has 0 bridgehead atoms. The standard InChI is InChI=1S/C9H13.2ClH.Zr/c1-2-3-6-9-7-4-5-8-9;;;/h4,7H,2-3,6,8H2,1H3;2*1H;/q;;;+2/p-2. The first-order valence-electron chi connectivity index (χ1n) is 3.93. The van der Waals surface area contributed by atoms with Crippen LogP contribution in [0, 0.1) is 0 Å². The number of hydrogen-bond acceptors (Lipinski definition) is 0. The van der Waals surface area contributed by atoms with Crippen LogP contribution in [0.1, 0.15) is 32.6 Å². The van der Waals surface area contributed by atoms with Gasteiger partial charge in [-0.2, -0.15) is 0 Å². The predicted octanol–water partition coefficient (Wildman–Crippen LogP) is -3.05. The molecule has 12 heavy (non-hydrogen) atoms. The van der Waals surface area contributed by atoms with E-state index < -0.39 is 0 Å². The van der Waals surface area contributed by atoms with Crippen molar-refractivity contribution in [3.63, 3.8) is 0 Å². The zero-order valence-electron chi connectivity index (χ0n) is 7.24. The van der Waals surface area contributed by atoms with Gasteiger partial charge in [0.2, 0.25) is 0 Å². The van der Waals surface area contributed by atoms with Crippen LogP contribution < -0.4 is 24.8 Å². The van der Waals surface area contributed by atoms with Crippen molar-refractivity contribution in [3.8, 4) is 0 Å². The molecule has 1 aliphatic carbocycles. The van der Waals surface area contributed by atoms with Gasteiger partial charge in [0.25, 0.3) is 0 Å². The van der Waals surface area contributed by atoms with Crippen molar-refractivity contribution in [1.82, 2.24) is 0 Å². The normalized spacial score (nSPS) is 14.2. The summed E-state index contributed by atoms with van der Waals surface area (Å²) in [7, 11) is 0. The molecule has 0 unspecified atom stereocenters. The summed E-state index contributed by atoms with van der Waals surface area (Å²) in [6.45, 7) is 2.25. The maximum atomic E-state index is 2.31. The molecule has 1 aliphatic rings. The minimum absolute atomic E-state index is 0. The monoisotopic (exact) mass is 281 g/mol. The molecule has 0 amide bonds. The summed E-state index contributed by atoms with van der Waals surface area (Å²) >= 11 is 1.59. The van der Waals surface area contributed by atoms with Crippen LogP contribution in [0.4, 0.5) is 0 Å². The smallest absolute Gasteiger partial charge is 1.00 e. The zero-order chi connectivity index (χ0) is 7.40. The molecular weight excluding hydrogens is 270 g/mol. The average molecular weight is 283 g/mol. The van der Waals surface area contributed by atoms with Gasteiger partial charge in [0.15, 0.2) is 0 Å². The van der Waals surface area contributed by atoms with E-state index in [1.165, 1.54) is 25.7 Å². The molecule has 0 aromatic carbocycles. The van der Waals surface area contributed by atoms with Crippen molar-refractivity contribution in [2.75, 3.05) is 0 Å². The summed E-state index contributed by atoms with van der Waals surface area (Å²) < 4.78 is 1.61. The Balaban J connectivity index is 0. The van der Waals surface area contributed by atoms with Crippen molar-refractivity contribution in [2.24, 2.45) is 0 Å². The predicted molar refractivity (Wildman–Crippen MR) is 40.3 cm³/mol. The molecular formula is C9H13Cl2Zr. The molecule has 3 heteroatoms. The quantitative estimate of drug-likeness (QED) is 0.516. The van der Waals surface area contributed by atoms with Crippen LogP contribution in [0.2, 0.25) is 0 Å². The number of rotatable bonds is 3. The molecule has 1 rings (SSSR count). The van der Waals surface area contributed by atoms with E-state index in [1.54, 1.807) is 33.6 Å². The fourth-order valence-corrected chi connectivity index (χ4v) is 1.92. The molecule has 0 nitrogen and oxygen atoms in total. The zero-order valence-corrected chi connectivity index (χ0v) is 11.2. The van der Waals surface area contributed by atoms with E-state index in [4.69, 9.17) is 0 Å². The van der Waals surface area contributed by atoms with Gasteiger partial charge in [0, 0.05) is 0 Å². The first-order valence-corrected chi connectivity index (χ1v) is 5.16. The molecule has 67 valence electrons. The van der Waals surface area contributed by atoms with Crippen LogP contribution in [0.5, 0.6) is 0 Å². The molecule has 0 N–H and O–H groups in total. The van der Waals surface area contributed by atoms with Gasteiger partial charge in [0.1, 0.15) is 0 Å². The molecule has 0 aromatic rings. The molecule has 0 fully saturated rings. The van der Waals surface area contributed by atoms with Crippen molar-refractivity contribution in [3.05, 3.63) is 21.0 Å². The van der Waals surface area contributed by atoms with Gasteiger partial charge in [0.05, 0.1) is 0 Å². The van der Waals surface area contributed by atoms with Crippen LogP contribution in [-0.2, 0) is 24.7 Å². The van der Waals surface area contributed by atoms with E-state index in [0.717, 1.165) is 0 Å². The van der Waals surface area contributed by atoms with Crippen LogP contribution in [0.3, 0.4) is 0 Å². The van der Waals surface area contributed by atoms with Crippen LogP contribution in [-0.4, -0.2) is 0 Å². The molecule has 0 atom stereocenters. The summed E-state index contributed by atoms with van der Waals surface area (Å²) in [4.78, 5) is 0. The Morgan fingerprint density at radius 3 is 2.42 bits per heavy atom. The topological polar surface area (TPSA) is 0 Å². The van der Waals surface area contributed by atoms with Gasteiger partial charge in [-0.1, -0.05) is 0 Å². The van der Waals surface area contributed by atoms with Crippen LogP contribution in [0.25, 0.3) is 0 Å². The summed E-state index contributed by atoms with van der Waals surface area (Å²) in [6.07, 6.45) is 9.87. The molecule has 0 spiro atoms. The number of halogens is 2. The summed E-state index contributed by atoms with van der Waals surface area (Å²) in [6, 6.07) is 0. The Morgan fingerprint density at radius 1 is 1.33 bits per heavy atom. The number of allylic oxidation sites excluding steroid dienone is 4. The second-order valence-corrected chi connectivity index (χ2v) is 4.38. The number of unbranched alkanes of at least 4 members (excludes halogenated alkanes) is 1. The minimum atomic E-state index is 0. The van der Waals surface area contributed by atoms with E-state index in [-0.39, 0.29) is 24.8 Å². The largest absolute Gasteiger partial charge is 1.00 e. The Morgan fingerprint density at radius 2 is 2.00 bits per heavy atom. The van der Waals surface area contributed by atoms with E-state index in [9.17, 15) is 0 Å². The molecule has 0 aromatic heterocycles. The SMILES string of the molecule is CCCCC1=CC=[C]([Zr+2])C1.[Cl-].[Cl-]. The van der Waals surface area contributed by atoms with E-state index in [0.29, 0.717) is 0 Å². The van der Waals surface area contributed by atoms with Gasteiger partial charge < -0.3 is 24.8 Å². The van der Waals surface area contributed by atoms with Gasteiger partial charge >= 0.3 is 78.3 Å². The van der Waals surface area contributed by atoms with Gasteiger partial charge in [-0.3, -0.25) is 0 Å². The van der Waals surface area contributed by atoms with Crippen molar-refractivity contribution in [2.45, 2.75) is 32.6 Å². The molecule has 0 radical (unpaired) electrons. The summed E-state index contributed by atoms with van der Waals surface area (Å²) in [5, 5.41) is 0. The van der Waals surface area contributed by atoms with E-state index in [1.807, 2.05) is 0 Å². The van der Waals surface area contributed by atoms with Gasteiger partial charge in [-0.05, 0) is 0 Å². The second-order valence-electron chi connectivity index (χ2n) is 2.80. The first kappa shape index (κ1) is 15.4. The van der Waals surface area contributed by atoms with Gasteiger partial charge in [-0.25, -0.2) is 0 Å². The summed E-state index contributed by atoms with van der Waals surface area (Å²) in [5.41, 5.74) is 1.65. The second kappa shape index (κ2) is 8.54. The van der Waals surface area contributed by atoms with E-state index >= 15 is 0 Å². The summed E-state index contributed by atoms with van der Waals surface area (Å²) in [5.74, 6) is 0. The maximum absolute atomic E-state index is 2.31. The fourth-order valence-electron chi connectivity index (χ4n) is 1.16. The Labute approximate surface area is 103 Å². The third kappa shape index (κ3) is 5.57. The average Bonchev–Trinajstić information content (AvgIpc) is 2.31. The van der Waals surface area contributed by atoms with Crippen LogP contribution >= 0.6 is 0 Å². The van der Waals surface area contributed by atoms with Crippen molar-refractivity contribution < 1.29 is 49.5 Å². The maximum Gasteiger partial charge on any atom is -1.00 e. The van der Waals surface area contributed by atoms with E-state index in [2.05, 4.69) is 19.1 Å². The Hall–Kier alpha value is 0.943. The molecule has 0 saturated carbocycles. The molecule has 0 heterocycles. The third-order valence-corrected chi connectivity index (χ3v) is 2.63. The molecule has 0 aliphatic heterocycles. The van der Waals surface area contributed by atoms with Crippen molar-refractivity contribution >= 4 is 0 Å².